The van der Waals surface area contributed by atoms with Gasteiger partial charge < -0.3 is 5.32 Å². The Bertz CT molecular complexity index is 275. The summed E-state index contributed by atoms with van der Waals surface area (Å²) in [4.78, 5) is 14.4. The summed E-state index contributed by atoms with van der Waals surface area (Å²) in [6.45, 7) is 8.82. The fourth-order valence-corrected chi connectivity index (χ4v) is 1.20. The first-order chi connectivity index (χ1) is 6.26. The third-order valence-corrected chi connectivity index (χ3v) is 2.08. The molecule has 70 valence electrons. The second-order valence-corrected chi connectivity index (χ2v) is 2.88. The van der Waals surface area contributed by atoms with Crippen LogP contribution < -0.4 is 5.32 Å². The highest BCUT2D eigenvalue weighted by Crippen LogP contribution is 2.11. The van der Waals surface area contributed by atoms with E-state index in [0.717, 1.165) is 5.69 Å². The normalized spacial score (nSPS) is 7.77. The monoisotopic (exact) mass is 196 g/mol. The van der Waals surface area contributed by atoms with Gasteiger partial charge in [0, 0.05) is 4.88 Å². The van der Waals surface area contributed by atoms with E-state index in [1.165, 1.54) is 11.1 Å². The molecule has 1 amide bonds. The number of hydrogen-bond donors (Lipinski definition) is 1. The first kappa shape index (κ1) is 11.6. The lowest BCUT2D eigenvalue weighted by Gasteiger charge is -1.80. The maximum absolute atomic E-state index is 9.22. The van der Waals surface area contributed by atoms with Crippen LogP contribution in [-0.2, 0) is 4.79 Å². The van der Waals surface area contributed by atoms with E-state index in [2.05, 4.69) is 23.5 Å². The third-order valence-electron chi connectivity index (χ3n) is 1.15. The zero-order valence-electron chi connectivity index (χ0n) is 7.49. The first-order valence-electron chi connectivity index (χ1n) is 3.59. The van der Waals surface area contributed by atoms with Crippen LogP contribution in [-0.4, -0.2) is 11.4 Å². The quantitative estimate of drug-likeness (QED) is 0.751. The fourth-order valence-electron chi connectivity index (χ4n) is 0.555. The van der Waals surface area contributed by atoms with Crippen molar-refractivity contribution in [2.24, 2.45) is 0 Å². The van der Waals surface area contributed by atoms with Gasteiger partial charge in [-0.05, 0) is 13.1 Å². The zero-order chi connectivity index (χ0) is 10.1. The number of carbonyl (C=O) groups excluding carboxylic acids is 1. The molecular formula is C9H12N2OS. The van der Waals surface area contributed by atoms with Crippen LogP contribution in [0.15, 0.2) is 24.9 Å². The lowest BCUT2D eigenvalue weighted by atomic mass is 10.4. The smallest absolute Gasteiger partial charge is 0.211 e. The van der Waals surface area contributed by atoms with Gasteiger partial charge >= 0.3 is 0 Å². The summed E-state index contributed by atoms with van der Waals surface area (Å²) in [7, 11) is 0. The largest absolute Gasteiger partial charge is 0.336 e. The van der Waals surface area contributed by atoms with Crippen LogP contribution in [0.5, 0.6) is 0 Å². The molecule has 13 heavy (non-hydrogen) atoms. The molecule has 4 heteroatoms. The molecule has 0 atom stereocenters. The molecule has 0 bridgehead atoms. The molecule has 0 aliphatic rings. The van der Waals surface area contributed by atoms with Crippen molar-refractivity contribution in [3.05, 3.63) is 35.4 Å². The van der Waals surface area contributed by atoms with Crippen LogP contribution in [0.4, 0.5) is 0 Å². The van der Waals surface area contributed by atoms with E-state index in [1.54, 1.807) is 11.3 Å². The number of rotatable bonds is 3. The third kappa shape index (κ3) is 4.92. The van der Waals surface area contributed by atoms with Gasteiger partial charge in [-0.3, -0.25) is 4.79 Å². The molecule has 1 rings (SSSR count). The highest BCUT2D eigenvalue weighted by molar-refractivity contribution is 7.10. The highest BCUT2D eigenvalue weighted by Gasteiger charge is 1.91. The molecular weight excluding hydrogens is 184 g/mol. The summed E-state index contributed by atoms with van der Waals surface area (Å²) in [6, 6.07) is 0. The molecule has 0 aliphatic heterocycles. The van der Waals surface area contributed by atoms with Crippen molar-refractivity contribution < 1.29 is 4.79 Å². The minimum Gasteiger partial charge on any atom is -0.336 e. The van der Waals surface area contributed by atoms with Crippen LogP contribution in [0.25, 0.3) is 6.08 Å². The summed E-state index contributed by atoms with van der Waals surface area (Å²) in [5.41, 5.74) is 2.90. The number of aromatic nitrogens is 1. The van der Waals surface area contributed by atoms with Crippen molar-refractivity contribution in [3.8, 4) is 0 Å². The molecule has 1 aromatic heterocycles. The van der Waals surface area contributed by atoms with Gasteiger partial charge in [0.2, 0.25) is 6.41 Å². The number of amides is 1. The summed E-state index contributed by atoms with van der Waals surface area (Å²) in [5, 5.41) is 2.19. The van der Waals surface area contributed by atoms with Crippen molar-refractivity contribution in [1.82, 2.24) is 10.3 Å². The van der Waals surface area contributed by atoms with Crippen molar-refractivity contribution in [2.75, 3.05) is 0 Å². The van der Waals surface area contributed by atoms with Gasteiger partial charge in [-0.15, -0.1) is 11.3 Å². The van der Waals surface area contributed by atoms with Gasteiger partial charge in [-0.2, -0.15) is 0 Å². The topological polar surface area (TPSA) is 42.0 Å². The van der Waals surface area contributed by atoms with Crippen LogP contribution >= 0.6 is 11.3 Å². The summed E-state index contributed by atoms with van der Waals surface area (Å²) >= 11 is 1.62. The van der Waals surface area contributed by atoms with Gasteiger partial charge in [0.1, 0.15) is 0 Å². The van der Waals surface area contributed by atoms with Crippen LogP contribution in [0, 0.1) is 6.92 Å². The number of carbonyl (C=O) groups is 1. The maximum Gasteiger partial charge on any atom is 0.211 e. The van der Waals surface area contributed by atoms with Gasteiger partial charge in [0.25, 0.3) is 0 Å². The molecule has 1 aromatic rings. The highest BCUT2D eigenvalue weighted by atomic mass is 32.1. The van der Waals surface area contributed by atoms with Crippen LogP contribution in [0.2, 0.25) is 0 Å². The predicted octanol–water partition coefficient (Wildman–Crippen LogP) is 1.97. The van der Waals surface area contributed by atoms with Crippen molar-refractivity contribution >= 4 is 23.8 Å². The van der Waals surface area contributed by atoms with Crippen LogP contribution in [0.3, 0.4) is 0 Å². The molecule has 0 radical (unpaired) electrons. The van der Waals surface area contributed by atoms with E-state index in [1.807, 2.05) is 18.5 Å². The molecule has 0 unspecified atom stereocenters. The number of nitrogens with zero attached hydrogens (tertiary/aromatic N) is 1. The Balaban J connectivity index is 0.000000252. The second kappa shape index (κ2) is 7.24. The maximum atomic E-state index is 9.22. The van der Waals surface area contributed by atoms with Crippen molar-refractivity contribution in [2.45, 2.75) is 6.92 Å². The van der Waals surface area contributed by atoms with E-state index >= 15 is 0 Å². The minimum atomic E-state index is 0.562. The lowest BCUT2D eigenvalue weighted by molar-refractivity contribution is -0.108. The van der Waals surface area contributed by atoms with Gasteiger partial charge in [0.15, 0.2) is 0 Å². The molecule has 0 saturated heterocycles. The van der Waals surface area contributed by atoms with Gasteiger partial charge in [-0.1, -0.05) is 19.2 Å². The molecule has 0 fully saturated rings. The van der Waals surface area contributed by atoms with E-state index in [-0.39, 0.29) is 0 Å². The van der Waals surface area contributed by atoms with E-state index in [4.69, 9.17) is 0 Å². The van der Waals surface area contributed by atoms with E-state index < -0.39 is 0 Å². The fraction of sp³-hybridized carbons (Fsp3) is 0.111. The molecule has 0 aromatic carbocycles. The molecule has 0 aliphatic carbocycles. The molecule has 1 heterocycles. The van der Waals surface area contributed by atoms with E-state index in [9.17, 15) is 4.79 Å². The van der Waals surface area contributed by atoms with Crippen molar-refractivity contribution in [3.63, 3.8) is 0 Å². The van der Waals surface area contributed by atoms with Crippen LogP contribution in [0.1, 0.15) is 10.6 Å². The standard InChI is InChI=1S/C6H7NS.C3H5NO/c1-3-6-5(2)7-4-8-6;1-2-4-3-5/h3-4H,1H2,2H3;2-3H,1H2,(H,4,5). The van der Waals surface area contributed by atoms with Gasteiger partial charge in [-0.25, -0.2) is 4.98 Å². The number of nitrogens with one attached hydrogen (secondary N) is 1. The van der Waals surface area contributed by atoms with E-state index in [0.29, 0.717) is 6.41 Å². The molecule has 3 nitrogen and oxygen atoms in total. The Morgan fingerprint density at radius 2 is 2.31 bits per heavy atom. The Labute approximate surface area is 81.8 Å². The number of hydrogen-bond acceptors (Lipinski definition) is 3. The summed E-state index contributed by atoms with van der Waals surface area (Å²) in [5.74, 6) is 0. The minimum absolute atomic E-state index is 0.562. The molecule has 0 spiro atoms. The Hall–Kier alpha value is -1.42. The predicted molar refractivity (Wildman–Crippen MR) is 56.3 cm³/mol. The first-order valence-corrected chi connectivity index (χ1v) is 4.47. The molecule has 1 N–H and O–H groups in total. The summed E-state index contributed by atoms with van der Waals surface area (Å²) < 4.78 is 0. The van der Waals surface area contributed by atoms with Gasteiger partial charge in [0.05, 0.1) is 11.2 Å². The Morgan fingerprint density at radius 1 is 1.62 bits per heavy atom. The Kier molecular flexibility index (Phi) is 6.45. The summed E-state index contributed by atoms with van der Waals surface area (Å²) in [6.07, 6.45) is 3.70. The number of aryl methyl sites for hydroxylation is 1. The molecule has 0 saturated carbocycles. The number of thiazole rings is 1. The Morgan fingerprint density at radius 3 is 2.46 bits per heavy atom. The zero-order valence-corrected chi connectivity index (χ0v) is 8.30. The average molecular weight is 196 g/mol. The lowest BCUT2D eigenvalue weighted by Crippen LogP contribution is -1.96. The van der Waals surface area contributed by atoms with Crippen molar-refractivity contribution in [1.29, 1.82) is 0 Å². The second-order valence-electron chi connectivity index (χ2n) is 1.99. The SMILES string of the molecule is C=CNC=O.C=Cc1scnc1C. The average Bonchev–Trinajstić information content (AvgIpc) is 2.53.